The molecule has 1 atom stereocenters. The fourth-order valence-electron chi connectivity index (χ4n) is 1.13. The molecule has 1 N–H and O–H groups in total. The van der Waals surface area contributed by atoms with Crippen molar-refractivity contribution in [2.75, 3.05) is 20.2 Å². The second-order valence-corrected chi connectivity index (χ2v) is 3.60. The maximum Gasteiger partial charge on any atom is 0.334 e. The summed E-state index contributed by atoms with van der Waals surface area (Å²) in [6.45, 7) is 1.06. The summed E-state index contributed by atoms with van der Waals surface area (Å²) in [5.74, 6) is -0.268. The van der Waals surface area contributed by atoms with Gasteiger partial charge in [-0.15, -0.1) is 11.6 Å². The van der Waals surface area contributed by atoms with Crippen molar-refractivity contribution in [2.45, 2.75) is 11.8 Å². The van der Waals surface area contributed by atoms with Gasteiger partial charge in [0, 0.05) is 12.1 Å². The van der Waals surface area contributed by atoms with Crippen molar-refractivity contribution in [1.29, 1.82) is 0 Å². The Morgan fingerprint density at radius 3 is 3.21 bits per heavy atom. The third kappa shape index (κ3) is 3.52. The quantitative estimate of drug-likeness (QED) is 0.436. The number of ether oxygens (including phenoxy) is 1. The monoisotopic (exact) mass is 215 g/mol. The molecule has 0 radical (unpaired) electrons. The molecule has 0 aromatic carbocycles. The smallest absolute Gasteiger partial charge is 0.334 e. The molecule has 1 aliphatic rings. The van der Waals surface area contributed by atoms with E-state index in [2.05, 4.69) is 5.32 Å². The number of hydrogen-bond acceptors (Lipinski definition) is 3. The molecule has 0 spiro atoms. The number of nitrogens with one attached hydrogen (secondary N) is 1. The molecule has 1 rings (SSSR count). The Morgan fingerprint density at radius 2 is 2.57 bits per heavy atom. The summed E-state index contributed by atoms with van der Waals surface area (Å²) < 4.78 is 5.01. The number of carbonyl (C=O) groups is 1. The molecular weight excluding hydrogens is 202 g/mol. The Morgan fingerprint density at radius 1 is 1.79 bits per heavy atom. The lowest BCUT2D eigenvalue weighted by atomic mass is 10.1. The molecule has 4 heteroatoms. The zero-order valence-corrected chi connectivity index (χ0v) is 8.88. The van der Waals surface area contributed by atoms with Crippen LogP contribution in [-0.2, 0) is 9.53 Å². The Labute approximate surface area is 88.8 Å². The summed E-state index contributed by atoms with van der Waals surface area (Å²) in [6, 6.07) is 0. The first-order chi connectivity index (χ1) is 6.74. The van der Waals surface area contributed by atoms with Gasteiger partial charge in [-0.05, 0) is 13.5 Å². The molecule has 0 heterocycles. The standard InChI is InChI=1S/C10H14ClNO2/c1-12-5-6-14-10(13)8-3-2-4-9(11)7-8/h2-4,9,12H,5-7H2,1H3. The number of alkyl halides is 1. The van der Waals surface area contributed by atoms with E-state index in [-0.39, 0.29) is 11.3 Å². The average Bonchev–Trinajstić information content (AvgIpc) is 2.18. The van der Waals surface area contributed by atoms with Crippen molar-refractivity contribution in [3.8, 4) is 0 Å². The fourth-order valence-corrected chi connectivity index (χ4v) is 1.38. The molecule has 0 amide bonds. The number of halogens is 1. The summed E-state index contributed by atoms with van der Waals surface area (Å²) in [6.07, 6.45) is 5.94. The lowest BCUT2D eigenvalue weighted by molar-refractivity contribution is -0.139. The first-order valence-corrected chi connectivity index (χ1v) is 5.01. The predicted octanol–water partition coefficient (Wildman–Crippen LogP) is 1.24. The maximum absolute atomic E-state index is 11.4. The minimum absolute atomic E-state index is 0.0909. The fraction of sp³-hybridized carbons (Fsp3) is 0.500. The van der Waals surface area contributed by atoms with Gasteiger partial charge in [0.15, 0.2) is 0 Å². The Kier molecular flexibility index (Phi) is 4.70. The maximum atomic E-state index is 11.4. The molecular formula is C10H14ClNO2. The van der Waals surface area contributed by atoms with Crippen LogP contribution in [0.2, 0.25) is 0 Å². The van der Waals surface area contributed by atoms with Gasteiger partial charge in [-0.3, -0.25) is 0 Å². The van der Waals surface area contributed by atoms with Gasteiger partial charge in [0.2, 0.25) is 0 Å². The highest BCUT2D eigenvalue weighted by Gasteiger charge is 2.16. The van der Waals surface area contributed by atoms with Crippen LogP contribution in [0.3, 0.4) is 0 Å². The largest absolute Gasteiger partial charge is 0.461 e. The summed E-state index contributed by atoms with van der Waals surface area (Å²) >= 11 is 5.87. The van der Waals surface area contributed by atoms with Crippen molar-refractivity contribution >= 4 is 17.6 Å². The predicted molar refractivity (Wildman–Crippen MR) is 56.4 cm³/mol. The third-order valence-corrected chi connectivity index (χ3v) is 2.18. The number of rotatable bonds is 4. The molecule has 0 aromatic rings. The second-order valence-electron chi connectivity index (χ2n) is 3.04. The zero-order chi connectivity index (χ0) is 10.4. The van der Waals surface area contributed by atoms with Crippen LogP contribution in [0.5, 0.6) is 0 Å². The van der Waals surface area contributed by atoms with Crippen LogP contribution < -0.4 is 5.32 Å². The molecule has 1 unspecified atom stereocenters. The van der Waals surface area contributed by atoms with Crippen LogP contribution in [0.15, 0.2) is 23.8 Å². The van der Waals surface area contributed by atoms with Crippen LogP contribution in [-0.4, -0.2) is 31.5 Å². The van der Waals surface area contributed by atoms with Gasteiger partial charge in [0.05, 0.1) is 5.38 Å². The molecule has 3 nitrogen and oxygen atoms in total. The minimum Gasteiger partial charge on any atom is -0.461 e. The van der Waals surface area contributed by atoms with E-state index in [1.54, 1.807) is 12.2 Å². The summed E-state index contributed by atoms with van der Waals surface area (Å²) in [4.78, 5) is 11.4. The molecule has 0 aliphatic heterocycles. The summed E-state index contributed by atoms with van der Waals surface area (Å²) in [5, 5.41) is 2.81. The molecule has 0 saturated carbocycles. The first kappa shape index (κ1) is 11.3. The third-order valence-electron chi connectivity index (χ3n) is 1.88. The van der Waals surface area contributed by atoms with Gasteiger partial charge in [0.25, 0.3) is 0 Å². The van der Waals surface area contributed by atoms with E-state index in [0.717, 1.165) is 0 Å². The first-order valence-electron chi connectivity index (χ1n) is 4.57. The highest BCUT2D eigenvalue weighted by molar-refractivity contribution is 6.22. The van der Waals surface area contributed by atoms with Crippen molar-refractivity contribution in [3.05, 3.63) is 23.8 Å². The van der Waals surface area contributed by atoms with Gasteiger partial charge in [-0.25, -0.2) is 4.79 Å². The van der Waals surface area contributed by atoms with Crippen molar-refractivity contribution < 1.29 is 9.53 Å². The minimum atomic E-state index is -0.268. The second kappa shape index (κ2) is 5.83. The van der Waals surface area contributed by atoms with Crippen molar-refractivity contribution in [1.82, 2.24) is 5.32 Å². The van der Waals surface area contributed by atoms with Crippen molar-refractivity contribution in [3.63, 3.8) is 0 Å². The average molecular weight is 216 g/mol. The molecule has 0 fully saturated rings. The van der Waals surface area contributed by atoms with Crippen LogP contribution in [0, 0.1) is 0 Å². The lowest BCUT2D eigenvalue weighted by Crippen LogP contribution is -2.19. The van der Waals surface area contributed by atoms with E-state index >= 15 is 0 Å². The number of likely N-dealkylation sites (N-methyl/N-ethyl adjacent to an activating group) is 1. The Bertz CT molecular complexity index is 261. The highest BCUT2D eigenvalue weighted by Crippen LogP contribution is 2.18. The van der Waals surface area contributed by atoms with Crippen LogP contribution in [0.1, 0.15) is 6.42 Å². The Balaban J connectivity index is 2.37. The number of allylic oxidation sites excluding steroid dienone is 3. The Hall–Kier alpha value is -0.800. The SMILES string of the molecule is CNCCOC(=O)C1=CC=CC(Cl)C1. The molecule has 78 valence electrons. The van der Waals surface area contributed by atoms with E-state index in [4.69, 9.17) is 16.3 Å². The van der Waals surface area contributed by atoms with Crippen molar-refractivity contribution in [2.24, 2.45) is 0 Å². The number of hydrogen-bond donors (Lipinski definition) is 1. The zero-order valence-electron chi connectivity index (χ0n) is 8.13. The van der Waals surface area contributed by atoms with Gasteiger partial charge in [-0.1, -0.05) is 18.2 Å². The van der Waals surface area contributed by atoms with E-state index in [0.29, 0.717) is 25.1 Å². The normalized spacial score (nSPS) is 20.4. The van der Waals surface area contributed by atoms with E-state index in [9.17, 15) is 4.79 Å². The van der Waals surface area contributed by atoms with E-state index < -0.39 is 0 Å². The van der Waals surface area contributed by atoms with Gasteiger partial charge >= 0.3 is 5.97 Å². The summed E-state index contributed by atoms with van der Waals surface area (Å²) in [5.41, 5.74) is 0.642. The lowest BCUT2D eigenvalue weighted by Gasteiger charge is -2.12. The number of esters is 1. The van der Waals surface area contributed by atoms with Crippen LogP contribution in [0.25, 0.3) is 0 Å². The molecule has 14 heavy (non-hydrogen) atoms. The molecule has 1 aliphatic carbocycles. The number of carbonyl (C=O) groups excluding carboxylic acids is 1. The summed E-state index contributed by atoms with van der Waals surface area (Å²) in [7, 11) is 1.81. The van der Waals surface area contributed by atoms with Gasteiger partial charge in [-0.2, -0.15) is 0 Å². The van der Waals surface area contributed by atoms with Gasteiger partial charge in [0.1, 0.15) is 6.61 Å². The molecule has 0 bridgehead atoms. The molecule has 0 saturated heterocycles. The van der Waals surface area contributed by atoms with Gasteiger partial charge < -0.3 is 10.1 Å². The van der Waals surface area contributed by atoms with E-state index in [1.807, 2.05) is 13.1 Å². The molecule has 0 aromatic heterocycles. The topological polar surface area (TPSA) is 38.3 Å². The highest BCUT2D eigenvalue weighted by atomic mass is 35.5. The van der Waals surface area contributed by atoms with Crippen LogP contribution in [0.4, 0.5) is 0 Å². The van der Waals surface area contributed by atoms with Crippen LogP contribution >= 0.6 is 11.6 Å². The van der Waals surface area contributed by atoms with E-state index in [1.165, 1.54) is 0 Å².